The number of hydrogen-bond donors (Lipinski definition) is 3. The number of carbonyl (C=O) groups is 2. The summed E-state index contributed by atoms with van der Waals surface area (Å²) in [4.78, 5) is 33.8. The first-order valence-electron chi connectivity index (χ1n) is 12.1. The fourth-order valence-corrected chi connectivity index (χ4v) is 5.21. The van der Waals surface area contributed by atoms with Crippen molar-refractivity contribution in [1.29, 1.82) is 5.26 Å². The highest BCUT2D eigenvalue weighted by Crippen LogP contribution is 2.28. The van der Waals surface area contributed by atoms with Gasteiger partial charge in [0.25, 0.3) is 5.91 Å². The van der Waals surface area contributed by atoms with Crippen molar-refractivity contribution >= 4 is 34.1 Å². The molecule has 1 atom stereocenters. The van der Waals surface area contributed by atoms with E-state index in [0.717, 1.165) is 50.0 Å². The fraction of sp³-hybridized carbons (Fsp3) is 0.333. The van der Waals surface area contributed by atoms with E-state index in [0.29, 0.717) is 21.9 Å². The first-order chi connectivity index (χ1) is 17.4. The quantitative estimate of drug-likeness (QED) is 0.387. The van der Waals surface area contributed by atoms with E-state index in [-0.39, 0.29) is 18.0 Å². The lowest BCUT2D eigenvalue weighted by Gasteiger charge is -2.20. The summed E-state index contributed by atoms with van der Waals surface area (Å²) in [5, 5.41) is 18.4. The molecule has 0 saturated carbocycles. The van der Waals surface area contributed by atoms with Crippen LogP contribution in [-0.2, 0) is 13.0 Å². The maximum Gasteiger partial charge on any atom is 0.319 e. The molecule has 0 bridgehead atoms. The van der Waals surface area contributed by atoms with Crippen molar-refractivity contribution in [3.05, 3.63) is 75.8 Å². The highest BCUT2D eigenvalue weighted by atomic mass is 32.1. The number of anilines is 2. The number of benzene rings is 2. The number of thiazole rings is 1. The van der Waals surface area contributed by atoms with Gasteiger partial charge in [-0.05, 0) is 55.4 Å². The molecule has 0 radical (unpaired) electrons. The highest BCUT2D eigenvalue weighted by Gasteiger charge is 2.20. The van der Waals surface area contributed by atoms with E-state index >= 15 is 0 Å². The van der Waals surface area contributed by atoms with Crippen LogP contribution in [0.3, 0.4) is 0 Å². The molecule has 2 aromatic carbocycles. The van der Waals surface area contributed by atoms with Crippen LogP contribution in [0.5, 0.6) is 0 Å². The summed E-state index contributed by atoms with van der Waals surface area (Å²) in [7, 11) is 2.08. The number of likely N-dealkylation sites (N-methyl/N-ethyl adjacent to an activating group) is 1. The molecule has 0 saturated heterocycles. The third-order valence-corrected chi connectivity index (χ3v) is 7.12. The molecule has 0 unspecified atom stereocenters. The Labute approximate surface area is 215 Å². The predicted octanol–water partition coefficient (Wildman–Crippen LogP) is 5.31. The Balaban J connectivity index is 1.44. The molecular formula is C27H30N6O2S. The molecule has 186 valence electrons. The van der Waals surface area contributed by atoms with Gasteiger partial charge in [0, 0.05) is 35.6 Å². The number of aromatic nitrogens is 1. The molecule has 0 fully saturated rings. The standard InChI is InChI=1S/C27H30N6O2S/c1-3-4-8-22(30-26(35)29-21-11-9-18(16-28)10-12-21)19-6-5-7-20(15-19)25(34)32-27-31-23-13-14-33(2)17-24(23)36-27/h5-7,9-12,15,22H,3-4,8,13-14,17H2,1-2H3,(H2,29,30,35)(H,31,32,34)/t22-/m1/s1. The Kier molecular flexibility index (Phi) is 8.31. The average molecular weight is 503 g/mol. The van der Waals surface area contributed by atoms with Crippen molar-refractivity contribution in [2.75, 3.05) is 24.2 Å². The number of amides is 3. The van der Waals surface area contributed by atoms with E-state index in [1.807, 2.05) is 18.2 Å². The number of hydrogen-bond acceptors (Lipinski definition) is 6. The third-order valence-electron chi connectivity index (χ3n) is 6.12. The van der Waals surface area contributed by atoms with Gasteiger partial charge in [-0.15, -0.1) is 11.3 Å². The Morgan fingerprint density at radius 3 is 2.75 bits per heavy atom. The van der Waals surface area contributed by atoms with E-state index in [1.54, 1.807) is 30.3 Å². The second-order valence-corrected chi connectivity index (χ2v) is 10.0. The number of unbranched alkanes of at least 4 members (excludes halogenated alkanes) is 1. The number of nitrogens with zero attached hydrogens (tertiary/aromatic N) is 3. The van der Waals surface area contributed by atoms with E-state index < -0.39 is 0 Å². The Morgan fingerprint density at radius 1 is 1.19 bits per heavy atom. The van der Waals surface area contributed by atoms with Crippen molar-refractivity contribution in [3.63, 3.8) is 0 Å². The van der Waals surface area contributed by atoms with Crippen LogP contribution in [0.4, 0.5) is 15.6 Å². The predicted molar refractivity (Wildman–Crippen MR) is 142 cm³/mol. The minimum atomic E-state index is -0.339. The Hall–Kier alpha value is -3.74. The minimum absolute atomic E-state index is 0.215. The fourth-order valence-electron chi connectivity index (χ4n) is 4.13. The van der Waals surface area contributed by atoms with Crippen LogP contribution < -0.4 is 16.0 Å². The minimum Gasteiger partial charge on any atom is -0.331 e. The second kappa shape index (κ2) is 11.8. The van der Waals surface area contributed by atoms with Gasteiger partial charge in [0.05, 0.1) is 23.4 Å². The molecule has 0 aliphatic carbocycles. The van der Waals surface area contributed by atoms with Gasteiger partial charge >= 0.3 is 6.03 Å². The molecular weight excluding hydrogens is 472 g/mol. The van der Waals surface area contributed by atoms with E-state index in [2.05, 4.69) is 45.9 Å². The zero-order chi connectivity index (χ0) is 25.5. The van der Waals surface area contributed by atoms with Crippen LogP contribution in [0.25, 0.3) is 0 Å². The van der Waals surface area contributed by atoms with Crippen molar-refractivity contribution in [2.24, 2.45) is 0 Å². The zero-order valence-electron chi connectivity index (χ0n) is 20.5. The molecule has 4 rings (SSSR count). The van der Waals surface area contributed by atoms with Crippen LogP contribution >= 0.6 is 11.3 Å². The number of fused-ring (bicyclic) bond motifs is 1. The third kappa shape index (κ3) is 6.47. The molecule has 8 nitrogen and oxygen atoms in total. The van der Waals surface area contributed by atoms with Crippen molar-refractivity contribution in [2.45, 2.75) is 45.2 Å². The van der Waals surface area contributed by atoms with Crippen LogP contribution in [0.1, 0.15) is 64.3 Å². The van der Waals surface area contributed by atoms with Gasteiger partial charge in [-0.1, -0.05) is 31.9 Å². The molecule has 1 aromatic heterocycles. The largest absolute Gasteiger partial charge is 0.331 e. The first-order valence-corrected chi connectivity index (χ1v) is 12.9. The molecule has 1 aliphatic heterocycles. The molecule has 0 spiro atoms. The van der Waals surface area contributed by atoms with Gasteiger partial charge < -0.3 is 15.5 Å². The maximum atomic E-state index is 13.0. The summed E-state index contributed by atoms with van der Waals surface area (Å²) >= 11 is 1.53. The van der Waals surface area contributed by atoms with Gasteiger partial charge in [-0.25, -0.2) is 9.78 Å². The van der Waals surface area contributed by atoms with Crippen molar-refractivity contribution < 1.29 is 9.59 Å². The highest BCUT2D eigenvalue weighted by molar-refractivity contribution is 7.15. The monoisotopic (exact) mass is 502 g/mol. The Bertz CT molecular complexity index is 1260. The summed E-state index contributed by atoms with van der Waals surface area (Å²) < 4.78 is 0. The van der Waals surface area contributed by atoms with Crippen molar-refractivity contribution in [1.82, 2.24) is 15.2 Å². The van der Waals surface area contributed by atoms with Crippen molar-refractivity contribution in [3.8, 4) is 6.07 Å². The lowest BCUT2D eigenvalue weighted by atomic mass is 9.99. The normalized spacial score (nSPS) is 13.8. The summed E-state index contributed by atoms with van der Waals surface area (Å²) in [5.74, 6) is -0.215. The molecule has 3 amide bonds. The van der Waals surface area contributed by atoms with Crippen LogP contribution in [0, 0.1) is 11.3 Å². The SMILES string of the molecule is CCCC[C@@H](NC(=O)Nc1ccc(C#N)cc1)c1cccc(C(=O)Nc2nc3c(s2)CN(C)CC3)c1. The molecule has 36 heavy (non-hydrogen) atoms. The van der Waals surface area contributed by atoms with Crippen LogP contribution in [-0.4, -0.2) is 35.4 Å². The van der Waals surface area contributed by atoms with Gasteiger partial charge in [-0.3, -0.25) is 10.1 Å². The number of nitrogens with one attached hydrogen (secondary N) is 3. The topological polar surface area (TPSA) is 110 Å². The molecule has 1 aliphatic rings. The summed E-state index contributed by atoms with van der Waals surface area (Å²) in [6.07, 6.45) is 3.55. The second-order valence-electron chi connectivity index (χ2n) is 8.94. The van der Waals surface area contributed by atoms with Gasteiger partial charge in [0.15, 0.2) is 5.13 Å². The summed E-state index contributed by atoms with van der Waals surface area (Å²) in [6.45, 7) is 3.92. The molecule has 9 heteroatoms. The molecule has 3 aromatic rings. The van der Waals surface area contributed by atoms with Gasteiger partial charge in [0.1, 0.15) is 0 Å². The van der Waals surface area contributed by atoms with E-state index in [9.17, 15) is 9.59 Å². The smallest absolute Gasteiger partial charge is 0.319 e. The number of rotatable bonds is 8. The van der Waals surface area contributed by atoms with Crippen LogP contribution in [0.2, 0.25) is 0 Å². The van der Waals surface area contributed by atoms with Gasteiger partial charge in [0.2, 0.25) is 0 Å². The molecule has 3 N–H and O–H groups in total. The van der Waals surface area contributed by atoms with E-state index in [1.165, 1.54) is 16.2 Å². The average Bonchev–Trinajstić information content (AvgIpc) is 3.28. The first kappa shape index (κ1) is 25.4. The van der Waals surface area contributed by atoms with E-state index in [4.69, 9.17) is 5.26 Å². The lowest BCUT2D eigenvalue weighted by molar-refractivity contribution is 0.102. The number of carbonyl (C=O) groups excluding carboxylic acids is 2. The lowest BCUT2D eigenvalue weighted by Crippen LogP contribution is -2.32. The van der Waals surface area contributed by atoms with Gasteiger partial charge in [-0.2, -0.15) is 5.26 Å². The molecule has 2 heterocycles. The summed E-state index contributed by atoms with van der Waals surface area (Å²) in [6, 6.07) is 15.5. The maximum absolute atomic E-state index is 13.0. The number of urea groups is 1. The van der Waals surface area contributed by atoms with Crippen LogP contribution in [0.15, 0.2) is 48.5 Å². The number of nitriles is 1. The zero-order valence-corrected chi connectivity index (χ0v) is 21.3. The Morgan fingerprint density at radius 2 is 2.00 bits per heavy atom. The summed E-state index contributed by atoms with van der Waals surface area (Å²) in [5.41, 5.74) is 3.59.